The van der Waals surface area contributed by atoms with Crippen LogP contribution in [0.4, 0.5) is 0 Å². The maximum absolute atomic E-state index is 11.2. The third-order valence-electron chi connectivity index (χ3n) is 4.85. The maximum Gasteiger partial charge on any atom is 0.302 e. The van der Waals surface area contributed by atoms with Gasteiger partial charge in [-0.05, 0) is 24.3 Å². The van der Waals surface area contributed by atoms with Gasteiger partial charge >= 0.3 is 5.97 Å². The molecule has 33 heavy (non-hydrogen) atoms. The molecule has 3 rings (SSSR count). The summed E-state index contributed by atoms with van der Waals surface area (Å²) in [5, 5.41) is 0.362. The van der Waals surface area contributed by atoms with Gasteiger partial charge in [-0.1, -0.05) is 99.4 Å². The average Bonchev–Trinajstić information content (AvgIpc) is 3.41. The van der Waals surface area contributed by atoms with Crippen molar-refractivity contribution in [1.29, 1.82) is 0 Å². The van der Waals surface area contributed by atoms with Crippen molar-refractivity contribution in [1.82, 2.24) is 0 Å². The van der Waals surface area contributed by atoms with E-state index in [4.69, 9.17) is 4.74 Å². The molecule has 1 atom stereocenters. The second kappa shape index (κ2) is 16.4. The van der Waals surface area contributed by atoms with Gasteiger partial charge in [0.15, 0.2) is 0 Å². The summed E-state index contributed by atoms with van der Waals surface area (Å²) in [6.07, 6.45) is 10.7. The number of hydrogen-bond acceptors (Lipinski definition) is 10. The summed E-state index contributed by atoms with van der Waals surface area (Å²) in [6, 6.07) is 0. The number of carbonyl (C=O) groups is 1. The summed E-state index contributed by atoms with van der Waals surface area (Å²) < 4.78 is 14.1. The van der Waals surface area contributed by atoms with E-state index < -0.39 is 0 Å². The smallest absolute Gasteiger partial charge is 0.302 e. The molecule has 0 aliphatic carbocycles. The molecule has 1 unspecified atom stereocenters. The maximum atomic E-state index is 11.2. The second-order valence-electron chi connectivity index (χ2n) is 7.80. The molecular formula is C23H34O2S8. The molecule has 3 aliphatic heterocycles. The van der Waals surface area contributed by atoms with Gasteiger partial charge in [0.05, 0.1) is 30.7 Å². The number of ether oxygens (including phenoxy) is 1. The zero-order chi connectivity index (χ0) is 23.5. The number of hydrogen-bond donors (Lipinski definition) is 0. The Bertz CT molecular complexity index is 734. The summed E-state index contributed by atoms with van der Waals surface area (Å²) in [4.78, 5) is 11.2. The molecule has 10 heteroatoms. The van der Waals surface area contributed by atoms with Gasteiger partial charge in [0, 0.05) is 12.7 Å². The highest BCUT2D eigenvalue weighted by Crippen LogP contribution is 2.67. The van der Waals surface area contributed by atoms with Crippen LogP contribution in [0, 0.1) is 0 Å². The van der Waals surface area contributed by atoms with Crippen LogP contribution in [-0.4, -0.2) is 35.1 Å². The van der Waals surface area contributed by atoms with E-state index in [0.29, 0.717) is 11.9 Å². The number of unbranched alkanes of at least 4 members (excludes halogenated alkanes) is 6. The molecule has 0 saturated carbocycles. The SMILES string of the molecule is CCCCCCSC1=C(SCCCCCC)SC(=C2SC3=C(S2)SC(COC(C)=O)CS3)S1. The Kier molecular flexibility index (Phi) is 14.4. The van der Waals surface area contributed by atoms with Gasteiger partial charge in [-0.2, -0.15) is 0 Å². The molecule has 186 valence electrons. The first kappa shape index (κ1) is 29.1. The van der Waals surface area contributed by atoms with Gasteiger partial charge in [-0.15, -0.1) is 47.0 Å². The summed E-state index contributed by atoms with van der Waals surface area (Å²) >= 11 is 15.9. The van der Waals surface area contributed by atoms with E-state index in [2.05, 4.69) is 37.4 Å². The van der Waals surface area contributed by atoms with Gasteiger partial charge in [-0.25, -0.2) is 0 Å². The molecular weight excluding hydrogens is 565 g/mol. The summed E-state index contributed by atoms with van der Waals surface area (Å²) in [6.45, 7) is 6.58. The Morgan fingerprint density at radius 1 is 0.818 bits per heavy atom. The van der Waals surface area contributed by atoms with Gasteiger partial charge < -0.3 is 4.74 Å². The minimum atomic E-state index is -0.180. The standard InChI is InChI=1S/C23H34O2S8/c1-4-6-8-10-12-26-18-19(27-13-11-9-7-5-2)31-22(30-18)23-32-20-21(33-23)29-17(15-28-20)14-25-16(3)24/h17H,4-15H2,1-3H3. The molecule has 0 spiro atoms. The lowest BCUT2D eigenvalue weighted by molar-refractivity contribution is -0.140. The first-order chi connectivity index (χ1) is 16.1. The Balaban J connectivity index is 1.55. The number of esters is 1. The van der Waals surface area contributed by atoms with E-state index in [0.717, 1.165) is 5.75 Å². The molecule has 0 bridgehead atoms. The van der Waals surface area contributed by atoms with Crippen LogP contribution in [-0.2, 0) is 9.53 Å². The van der Waals surface area contributed by atoms with E-state index >= 15 is 0 Å². The predicted octanol–water partition coefficient (Wildman–Crippen LogP) is 10.4. The Labute approximate surface area is 234 Å². The molecule has 0 aromatic carbocycles. The number of thioether (sulfide) groups is 8. The van der Waals surface area contributed by atoms with Crippen LogP contribution in [0.1, 0.15) is 72.1 Å². The molecule has 3 heterocycles. The molecule has 0 radical (unpaired) electrons. The van der Waals surface area contributed by atoms with Crippen molar-refractivity contribution in [3.8, 4) is 0 Å². The lowest BCUT2D eigenvalue weighted by Crippen LogP contribution is -2.18. The largest absolute Gasteiger partial charge is 0.465 e. The lowest BCUT2D eigenvalue weighted by atomic mass is 10.2. The fourth-order valence-electron chi connectivity index (χ4n) is 3.08. The van der Waals surface area contributed by atoms with Crippen molar-refractivity contribution < 1.29 is 9.53 Å². The average molecular weight is 599 g/mol. The Morgan fingerprint density at radius 3 is 1.97 bits per heavy atom. The monoisotopic (exact) mass is 598 g/mol. The fraction of sp³-hybridized carbons (Fsp3) is 0.696. The van der Waals surface area contributed by atoms with Crippen LogP contribution in [0.3, 0.4) is 0 Å². The van der Waals surface area contributed by atoms with Crippen LogP contribution >= 0.6 is 94.1 Å². The zero-order valence-electron chi connectivity index (χ0n) is 19.6. The van der Waals surface area contributed by atoms with Crippen LogP contribution in [0.25, 0.3) is 0 Å². The number of rotatable bonds is 14. The quantitative estimate of drug-likeness (QED) is 0.142. The Hall–Kier alpha value is 1.49. The van der Waals surface area contributed by atoms with Crippen molar-refractivity contribution in [2.75, 3.05) is 23.9 Å². The second-order valence-corrected chi connectivity index (χ2v) is 18.0. The highest BCUT2D eigenvalue weighted by molar-refractivity contribution is 8.45. The fourth-order valence-corrected chi connectivity index (χ4v) is 15.6. The molecule has 0 aromatic heterocycles. The van der Waals surface area contributed by atoms with Crippen molar-refractivity contribution >= 4 is 100 Å². The topological polar surface area (TPSA) is 26.3 Å². The van der Waals surface area contributed by atoms with E-state index in [1.54, 1.807) is 8.47 Å². The van der Waals surface area contributed by atoms with Crippen LogP contribution in [0.15, 0.2) is 25.4 Å². The normalized spacial score (nSPS) is 20.8. The van der Waals surface area contributed by atoms with Gasteiger partial charge in [0.25, 0.3) is 0 Å². The number of carbonyl (C=O) groups excluding carboxylic acids is 1. The van der Waals surface area contributed by atoms with Crippen LogP contribution in [0.2, 0.25) is 0 Å². The van der Waals surface area contributed by atoms with Crippen molar-refractivity contribution in [2.24, 2.45) is 0 Å². The van der Waals surface area contributed by atoms with E-state index in [1.165, 1.54) is 86.7 Å². The van der Waals surface area contributed by atoms with Gasteiger partial charge in [0.2, 0.25) is 0 Å². The van der Waals surface area contributed by atoms with Crippen LogP contribution < -0.4 is 0 Å². The third-order valence-corrected chi connectivity index (χ3v) is 17.1. The van der Waals surface area contributed by atoms with Gasteiger partial charge in [-0.3, -0.25) is 4.79 Å². The molecule has 0 saturated heterocycles. The molecule has 3 aliphatic rings. The van der Waals surface area contributed by atoms with E-state index in [1.807, 2.05) is 70.6 Å². The Morgan fingerprint density at radius 2 is 1.39 bits per heavy atom. The highest BCUT2D eigenvalue weighted by atomic mass is 32.3. The van der Waals surface area contributed by atoms with Crippen molar-refractivity contribution in [3.05, 3.63) is 25.4 Å². The van der Waals surface area contributed by atoms with Crippen molar-refractivity contribution in [2.45, 2.75) is 77.4 Å². The summed E-state index contributed by atoms with van der Waals surface area (Å²) in [7, 11) is 0. The minimum Gasteiger partial charge on any atom is -0.465 e. The van der Waals surface area contributed by atoms with Crippen molar-refractivity contribution in [3.63, 3.8) is 0 Å². The molecule has 0 aromatic rings. The van der Waals surface area contributed by atoms with Gasteiger partial charge in [0.1, 0.15) is 6.61 Å². The highest BCUT2D eigenvalue weighted by Gasteiger charge is 2.34. The first-order valence-electron chi connectivity index (χ1n) is 11.7. The third kappa shape index (κ3) is 10.0. The molecule has 2 nitrogen and oxygen atoms in total. The zero-order valence-corrected chi connectivity index (χ0v) is 26.2. The molecule has 0 amide bonds. The molecule has 0 fully saturated rings. The summed E-state index contributed by atoms with van der Waals surface area (Å²) in [5.41, 5.74) is 0. The van der Waals surface area contributed by atoms with E-state index in [9.17, 15) is 4.79 Å². The van der Waals surface area contributed by atoms with Crippen LogP contribution in [0.5, 0.6) is 0 Å². The predicted molar refractivity (Wildman–Crippen MR) is 165 cm³/mol. The first-order valence-corrected chi connectivity index (χ1v) is 18.8. The summed E-state index contributed by atoms with van der Waals surface area (Å²) in [5.74, 6) is 3.32. The molecule has 0 N–H and O–H groups in total. The minimum absolute atomic E-state index is 0.180. The lowest BCUT2D eigenvalue weighted by Gasteiger charge is -2.20. The van der Waals surface area contributed by atoms with E-state index in [-0.39, 0.29) is 5.97 Å².